The molecule has 4 aromatic rings. The number of hydrogen-bond acceptors (Lipinski definition) is 4. The maximum atomic E-state index is 12.9. The third-order valence-corrected chi connectivity index (χ3v) is 6.70. The van der Waals surface area contributed by atoms with Gasteiger partial charge in [0.15, 0.2) is 0 Å². The summed E-state index contributed by atoms with van der Waals surface area (Å²) < 4.78 is 8.08. The van der Waals surface area contributed by atoms with Crippen LogP contribution in [0.25, 0.3) is 11.0 Å². The van der Waals surface area contributed by atoms with Crippen molar-refractivity contribution in [1.82, 2.24) is 14.5 Å². The number of imidazole rings is 1. The molecule has 180 valence electrons. The SMILES string of the molecule is Cc1cccc(C)c1OC[C@@H](O)Cn1c([C@H]2CC(=O)N(Cc3ccccc3)C2)nc2ccccc21. The van der Waals surface area contributed by atoms with Crippen molar-refractivity contribution in [2.75, 3.05) is 13.2 Å². The van der Waals surface area contributed by atoms with Gasteiger partial charge in [0.05, 0.1) is 17.6 Å². The van der Waals surface area contributed by atoms with Gasteiger partial charge in [0.25, 0.3) is 0 Å². The number of benzene rings is 3. The Morgan fingerprint density at radius 3 is 2.49 bits per heavy atom. The number of para-hydroxylation sites is 3. The second kappa shape index (κ2) is 9.92. The molecule has 0 spiro atoms. The lowest BCUT2D eigenvalue weighted by atomic mass is 10.1. The van der Waals surface area contributed by atoms with Crippen molar-refractivity contribution in [1.29, 1.82) is 0 Å². The molecular weight excluding hydrogens is 438 g/mol. The lowest BCUT2D eigenvalue weighted by Crippen LogP contribution is -2.26. The van der Waals surface area contributed by atoms with Gasteiger partial charge in [-0.2, -0.15) is 0 Å². The van der Waals surface area contributed by atoms with Gasteiger partial charge in [-0.15, -0.1) is 0 Å². The van der Waals surface area contributed by atoms with Crippen LogP contribution in [0.15, 0.2) is 72.8 Å². The largest absolute Gasteiger partial charge is 0.490 e. The van der Waals surface area contributed by atoms with Crippen LogP contribution in [0.1, 0.15) is 34.9 Å². The summed E-state index contributed by atoms with van der Waals surface area (Å²) in [6, 6.07) is 24.0. The highest BCUT2D eigenvalue weighted by Crippen LogP contribution is 2.31. The molecule has 1 aliphatic heterocycles. The molecule has 1 fully saturated rings. The highest BCUT2D eigenvalue weighted by atomic mass is 16.5. The van der Waals surface area contributed by atoms with Gasteiger partial charge in [-0.3, -0.25) is 4.79 Å². The van der Waals surface area contributed by atoms with Crippen molar-refractivity contribution in [2.24, 2.45) is 0 Å². The van der Waals surface area contributed by atoms with Crippen LogP contribution < -0.4 is 4.74 Å². The minimum Gasteiger partial charge on any atom is -0.490 e. The molecule has 0 bridgehead atoms. The number of aliphatic hydroxyl groups excluding tert-OH is 1. The van der Waals surface area contributed by atoms with Gasteiger partial charge in [0.2, 0.25) is 5.91 Å². The van der Waals surface area contributed by atoms with Crippen LogP contribution in [-0.2, 0) is 17.9 Å². The molecule has 5 rings (SSSR count). The summed E-state index contributed by atoms with van der Waals surface area (Å²) in [5, 5.41) is 10.9. The van der Waals surface area contributed by atoms with Crippen LogP contribution in [0.4, 0.5) is 0 Å². The molecular formula is C29H31N3O3. The number of aromatic nitrogens is 2. The van der Waals surface area contributed by atoms with E-state index in [1.54, 1.807) is 0 Å². The maximum Gasteiger partial charge on any atom is 0.223 e. The van der Waals surface area contributed by atoms with Gasteiger partial charge in [-0.25, -0.2) is 4.98 Å². The van der Waals surface area contributed by atoms with E-state index in [1.807, 2.05) is 91.5 Å². The van der Waals surface area contributed by atoms with Crippen LogP contribution in [0.2, 0.25) is 0 Å². The molecule has 1 aromatic heterocycles. The van der Waals surface area contributed by atoms with Gasteiger partial charge in [0.1, 0.15) is 24.3 Å². The minimum atomic E-state index is -0.720. The Hall–Kier alpha value is -3.64. The number of aliphatic hydroxyl groups is 1. The van der Waals surface area contributed by atoms with Crippen LogP contribution >= 0.6 is 0 Å². The van der Waals surface area contributed by atoms with Crippen molar-refractivity contribution in [2.45, 2.75) is 45.4 Å². The first kappa shape index (κ1) is 23.1. The molecule has 0 unspecified atom stereocenters. The number of rotatable bonds is 8. The van der Waals surface area contributed by atoms with Gasteiger partial charge >= 0.3 is 0 Å². The normalized spacial score (nSPS) is 16.7. The van der Waals surface area contributed by atoms with E-state index in [0.717, 1.165) is 39.3 Å². The molecule has 0 aliphatic carbocycles. The fourth-order valence-electron chi connectivity index (χ4n) is 4.97. The van der Waals surface area contributed by atoms with E-state index in [1.165, 1.54) is 0 Å². The van der Waals surface area contributed by atoms with Crippen molar-refractivity contribution in [3.05, 3.63) is 95.3 Å². The number of ether oxygens (including phenoxy) is 1. The maximum absolute atomic E-state index is 12.9. The molecule has 3 aromatic carbocycles. The summed E-state index contributed by atoms with van der Waals surface area (Å²) in [5.41, 5.74) is 5.05. The van der Waals surface area contributed by atoms with E-state index < -0.39 is 6.10 Å². The average Bonchev–Trinajstić information content (AvgIpc) is 3.39. The predicted molar refractivity (Wildman–Crippen MR) is 136 cm³/mol. The van der Waals surface area contributed by atoms with E-state index >= 15 is 0 Å². The molecule has 35 heavy (non-hydrogen) atoms. The number of aryl methyl sites for hydroxylation is 2. The van der Waals surface area contributed by atoms with E-state index in [9.17, 15) is 9.90 Å². The monoisotopic (exact) mass is 469 g/mol. The average molecular weight is 470 g/mol. The number of amides is 1. The van der Waals surface area contributed by atoms with E-state index in [0.29, 0.717) is 26.1 Å². The Balaban J connectivity index is 1.35. The second-order valence-electron chi connectivity index (χ2n) is 9.42. The quantitative estimate of drug-likeness (QED) is 0.409. The summed E-state index contributed by atoms with van der Waals surface area (Å²) in [5.74, 6) is 1.78. The first-order valence-electron chi connectivity index (χ1n) is 12.1. The first-order valence-corrected chi connectivity index (χ1v) is 12.1. The van der Waals surface area contributed by atoms with Gasteiger partial charge < -0.3 is 19.3 Å². The molecule has 1 aliphatic rings. The van der Waals surface area contributed by atoms with Crippen LogP contribution in [-0.4, -0.2) is 44.7 Å². The van der Waals surface area contributed by atoms with Gasteiger partial charge in [-0.05, 0) is 42.7 Å². The van der Waals surface area contributed by atoms with Crippen LogP contribution in [0.3, 0.4) is 0 Å². The summed E-state index contributed by atoms with van der Waals surface area (Å²) in [6.07, 6.45) is -0.298. The Bertz CT molecular complexity index is 1310. The molecule has 2 atom stereocenters. The zero-order valence-electron chi connectivity index (χ0n) is 20.2. The lowest BCUT2D eigenvalue weighted by Gasteiger charge is -2.20. The van der Waals surface area contributed by atoms with Crippen molar-refractivity contribution < 1.29 is 14.6 Å². The topological polar surface area (TPSA) is 67.6 Å². The van der Waals surface area contributed by atoms with E-state index in [-0.39, 0.29) is 18.4 Å². The van der Waals surface area contributed by atoms with Crippen LogP contribution in [0, 0.1) is 13.8 Å². The summed E-state index contributed by atoms with van der Waals surface area (Å²) >= 11 is 0. The highest BCUT2D eigenvalue weighted by molar-refractivity contribution is 5.81. The first-order chi connectivity index (χ1) is 17.0. The molecule has 0 saturated carbocycles. The minimum absolute atomic E-state index is 0.0228. The Labute approximate surface area is 205 Å². The van der Waals surface area contributed by atoms with Crippen molar-refractivity contribution in [3.8, 4) is 5.75 Å². The zero-order chi connectivity index (χ0) is 24.4. The number of carbonyl (C=O) groups excluding carboxylic acids is 1. The second-order valence-corrected chi connectivity index (χ2v) is 9.42. The molecule has 2 heterocycles. The molecule has 1 amide bonds. The lowest BCUT2D eigenvalue weighted by molar-refractivity contribution is -0.128. The number of fused-ring (bicyclic) bond motifs is 1. The van der Waals surface area contributed by atoms with E-state index in [2.05, 4.69) is 4.57 Å². The smallest absolute Gasteiger partial charge is 0.223 e. The Morgan fingerprint density at radius 2 is 1.71 bits per heavy atom. The molecule has 6 nitrogen and oxygen atoms in total. The van der Waals surface area contributed by atoms with Gasteiger partial charge in [-0.1, -0.05) is 60.7 Å². The Morgan fingerprint density at radius 1 is 1.00 bits per heavy atom. The molecule has 0 radical (unpaired) electrons. The fraction of sp³-hybridized carbons (Fsp3) is 0.310. The Kier molecular flexibility index (Phi) is 6.55. The van der Waals surface area contributed by atoms with Crippen LogP contribution in [0.5, 0.6) is 5.75 Å². The van der Waals surface area contributed by atoms with Gasteiger partial charge in [0, 0.05) is 25.4 Å². The van der Waals surface area contributed by atoms with Crippen molar-refractivity contribution in [3.63, 3.8) is 0 Å². The number of likely N-dealkylation sites (tertiary alicyclic amines) is 1. The number of hydrogen-bond donors (Lipinski definition) is 1. The fourth-order valence-corrected chi connectivity index (χ4v) is 4.97. The van der Waals surface area contributed by atoms with E-state index in [4.69, 9.17) is 9.72 Å². The third kappa shape index (κ3) is 4.93. The third-order valence-electron chi connectivity index (χ3n) is 6.70. The summed E-state index contributed by atoms with van der Waals surface area (Å²) in [6.45, 7) is 5.77. The number of carbonyl (C=O) groups is 1. The zero-order valence-corrected chi connectivity index (χ0v) is 20.2. The molecule has 1 saturated heterocycles. The molecule has 1 N–H and O–H groups in total. The number of nitrogens with zero attached hydrogens (tertiary/aromatic N) is 3. The van der Waals surface area contributed by atoms with Crippen molar-refractivity contribution >= 4 is 16.9 Å². The molecule has 6 heteroatoms. The predicted octanol–water partition coefficient (Wildman–Crippen LogP) is 4.61. The highest BCUT2D eigenvalue weighted by Gasteiger charge is 2.34. The standard InChI is InChI=1S/C29H31N3O3/c1-20-9-8-10-21(2)28(20)35-19-24(33)18-32-26-14-7-6-13-25(26)30-29(32)23-15-27(34)31(17-23)16-22-11-4-3-5-12-22/h3-14,23-24,33H,15-19H2,1-2H3/t23-,24-/m0/s1. The summed E-state index contributed by atoms with van der Waals surface area (Å²) in [7, 11) is 0. The summed E-state index contributed by atoms with van der Waals surface area (Å²) in [4.78, 5) is 19.7.